The molecule has 6 nitrogen and oxygen atoms in total. The Kier molecular flexibility index (Phi) is 5.84. The topological polar surface area (TPSA) is 65.5 Å². The van der Waals surface area contributed by atoms with Crippen molar-refractivity contribution < 1.29 is 9.59 Å². The van der Waals surface area contributed by atoms with Crippen molar-refractivity contribution in [2.24, 2.45) is 0 Å². The molecule has 3 rings (SSSR count). The largest absolute Gasteiger partial charge is 0.353 e. The zero-order valence-corrected chi connectivity index (χ0v) is 15.0. The van der Waals surface area contributed by atoms with Crippen LogP contribution in [0.2, 0.25) is 0 Å². The van der Waals surface area contributed by atoms with Gasteiger partial charge in [-0.15, -0.1) is 0 Å². The molecule has 1 aliphatic rings. The van der Waals surface area contributed by atoms with E-state index in [1.54, 1.807) is 11.1 Å². The number of hydrogen-bond donors (Lipinski definition) is 1. The Morgan fingerprint density at radius 1 is 1.04 bits per heavy atom. The number of aryl methyl sites for hydroxylation is 1. The van der Waals surface area contributed by atoms with E-state index < -0.39 is 0 Å². The average Bonchev–Trinajstić information content (AvgIpc) is 2.68. The first-order chi connectivity index (χ1) is 12.6. The summed E-state index contributed by atoms with van der Waals surface area (Å²) in [7, 11) is 0. The lowest BCUT2D eigenvalue weighted by atomic mass is 10.1. The predicted molar refractivity (Wildman–Crippen MR) is 101 cm³/mol. The average molecular weight is 352 g/mol. The first-order valence-electron chi connectivity index (χ1n) is 8.88. The summed E-state index contributed by atoms with van der Waals surface area (Å²) in [6, 6.07) is 13.8. The van der Waals surface area contributed by atoms with Gasteiger partial charge in [-0.3, -0.25) is 9.59 Å². The number of nitrogens with one attached hydrogen (secondary N) is 1. The van der Waals surface area contributed by atoms with Gasteiger partial charge in [0.2, 0.25) is 11.8 Å². The Labute approximate surface area is 153 Å². The van der Waals surface area contributed by atoms with Crippen molar-refractivity contribution in [2.75, 3.05) is 31.1 Å². The molecule has 26 heavy (non-hydrogen) atoms. The minimum absolute atomic E-state index is 0.102. The van der Waals surface area contributed by atoms with Crippen LogP contribution in [0.4, 0.5) is 5.82 Å². The molecule has 2 amide bonds. The highest BCUT2D eigenvalue weighted by atomic mass is 16.2. The highest BCUT2D eigenvalue weighted by Crippen LogP contribution is 2.13. The summed E-state index contributed by atoms with van der Waals surface area (Å²) in [6.07, 6.45) is 1.67. The number of piperazine rings is 1. The van der Waals surface area contributed by atoms with E-state index >= 15 is 0 Å². The second-order valence-electron chi connectivity index (χ2n) is 6.49. The predicted octanol–water partition coefficient (Wildman–Crippen LogP) is 1.75. The Morgan fingerprint density at radius 3 is 2.42 bits per heavy atom. The molecular weight excluding hydrogens is 328 g/mol. The summed E-state index contributed by atoms with van der Waals surface area (Å²) in [4.78, 5) is 32.6. The van der Waals surface area contributed by atoms with Crippen molar-refractivity contribution in [3.8, 4) is 0 Å². The van der Waals surface area contributed by atoms with Gasteiger partial charge in [0.25, 0.3) is 0 Å². The molecule has 1 aliphatic heterocycles. The Hall–Kier alpha value is -2.89. The molecule has 1 saturated heterocycles. The van der Waals surface area contributed by atoms with E-state index in [0.29, 0.717) is 19.6 Å². The number of hydrogen-bond acceptors (Lipinski definition) is 4. The van der Waals surface area contributed by atoms with Gasteiger partial charge in [-0.25, -0.2) is 4.98 Å². The summed E-state index contributed by atoms with van der Waals surface area (Å²) < 4.78 is 0. The van der Waals surface area contributed by atoms with Crippen LogP contribution in [0.15, 0.2) is 48.7 Å². The maximum absolute atomic E-state index is 12.3. The highest BCUT2D eigenvalue weighted by Gasteiger charge is 2.23. The number of rotatable bonds is 5. The normalized spacial score (nSPS) is 14.2. The Balaban J connectivity index is 1.42. The van der Waals surface area contributed by atoms with Crippen LogP contribution in [0.25, 0.3) is 0 Å². The van der Waals surface area contributed by atoms with E-state index in [2.05, 4.69) is 15.2 Å². The van der Waals surface area contributed by atoms with Crippen LogP contribution in [-0.2, 0) is 16.1 Å². The lowest BCUT2D eigenvalue weighted by molar-refractivity contribution is -0.136. The van der Waals surface area contributed by atoms with Gasteiger partial charge in [0.1, 0.15) is 12.2 Å². The summed E-state index contributed by atoms with van der Waals surface area (Å²) in [5.41, 5.74) is 2.21. The van der Waals surface area contributed by atoms with E-state index in [1.165, 1.54) is 5.56 Å². The van der Waals surface area contributed by atoms with Crippen molar-refractivity contribution in [3.05, 3.63) is 59.8 Å². The fraction of sp³-hybridized carbons (Fsp3) is 0.350. The molecule has 0 spiro atoms. The number of carbonyl (C=O) groups is 2. The maximum atomic E-state index is 12.3. The molecule has 6 heteroatoms. The minimum atomic E-state index is -0.234. The molecule has 0 saturated carbocycles. The molecular formula is C20H24N4O2. The molecule has 0 unspecified atom stereocenters. The summed E-state index contributed by atoms with van der Waals surface area (Å²) >= 11 is 0. The molecule has 2 heterocycles. The molecule has 0 radical (unpaired) electrons. The zero-order valence-electron chi connectivity index (χ0n) is 15.0. The summed E-state index contributed by atoms with van der Waals surface area (Å²) in [6.45, 7) is 5.15. The molecule has 0 aliphatic carbocycles. The van der Waals surface area contributed by atoms with Crippen LogP contribution in [0, 0.1) is 6.92 Å². The number of amides is 2. The number of pyridine rings is 1. The number of aromatic nitrogens is 1. The van der Waals surface area contributed by atoms with Crippen LogP contribution >= 0.6 is 0 Å². The molecule has 1 fully saturated rings. The molecule has 1 N–H and O–H groups in total. The van der Waals surface area contributed by atoms with Crippen molar-refractivity contribution in [1.29, 1.82) is 0 Å². The van der Waals surface area contributed by atoms with E-state index in [1.807, 2.05) is 49.4 Å². The van der Waals surface area contributed by atoms with E-state index in [4.69, 9.17) is 0 Å². The van der Waals surface area contributed by atoms with Gasteiger partial charge in [0.15, 0.2) is 0 Å². The Morgan fingerprint density at radius 2 is 1.77 bits per heavy atom. The van der Waals surface area contributed by atoms with Gasteiger partial charge in [0.05, 0.1) is 0 Å². The zero-order chi connectivity index (χ0) is 18.4. The number of nitrogens with zero attached hydrogens (tertiary/aromatic N) is 3. The van der Waals surface area contributed by atoms with Gasteiger partial charge in [-0.1, -0.05) is 35.9 Å². The lowest BCUT2D eigenvalue weighted by Crippen LogP contribution is -2.49. The fourth-order valence-electron chi connectivity index (χ4n) is 2.94. The quantitative estimate of drug-likeness (QED) is 0.833. The minimum Gasteiger partial charge on any atom is -0.353 e. The van der Waals surface area contributed by atoms with Crippen molar-refractivity contribution in [1.82, 2.24) is 15.2 Å². The van der Waals surface area contributed by atoms with Gasteiger partial charge in [0, 0.05) is 38.9 Å². The van der Waals surface area contributed by atoms with Crippen LogP contribution in [0.5, 0.6) is 0 Å². The SMILES string of the molecule is Cc1ccc(CNC(=O)CC(=O)N2CCN(c3ccccn3)CC2)cc1. The van der Waals surface area contributed by atoms with Crippen molar-refractivity contribution in [2.45, 2.75) is 19.9 Å². The van der Waals surface area contributed by atoms with Gasteiger partial charge in [-0.2, -0.15) is 0 Å². The fourth-order valence-corrected chi connectivity index (χ4v) is 2.94. The third kappa shape index (κ3) is 4.81. The molecule has 1 aromatic carbocycles. The number of benzene rings is 1. The monoisotopic (exact) mass is 352 g/mol. The molecule has 136 valence electrons. The smallest absolute Gasteiger partial charge is 0.232 e. The first kappa shape index (κ1) is 17.9. The second-order valence-corrected chi connectivity index (χ2v) is 6.49. The van der Waals surface area contributed by atoms with Crippen molar-refractivity contribution in [3.63, 3.8) is 0 Å². The highest BCUT2D eigenvalue weighted by molar-refractivity contribution is 5.96. The van der Waals surface area contributed by atoms with Crippen LogP contribution in [0.1, 0.15) is 17.5 Å². The molecule has 0 atom stereocenters. The molecule has 2 aromatic rings. The first-order valence-corrected chi connectivity index (χ1v) is 8.88. The number of anilines is 1. The maximum Gasteiger partial charge on any atom is 0.232 e. The van der Waals surface area contributed by atoms with E-state index in [-0.39, 0.29) is 18.2 Å². The molecule has 1 aromatic heterocycles. The Bertz CT molecular complexity index is 738. The standard InChI is InChI=1S/C20H24N4O2/c1-16-5-7-17(8-6-16)15-22-19(25)14-20(26)24-12-10-23(11-13-24)18-4-2-3-9-21-18/h2-9H,10-15H2,1H3,(H,22,25). The number of carbonyl (C=O) groups excluding carboxylic acids is 2. The third-order valence-electron chi connectivity index (χ3n) is 4.53. The second kappa shape index (κ2) is 8.47. The summed E-state index contributed by atoms with van der Waals surface area (Å²) in [5.74, 6) is 0.574. The van der Waals surface area contributed by atoms with Crippen LogP contribution < -0.4 is 10.2 Å². The van der Waals surface area contributed by atoms with Crippen LogP contribution in [0.3, 0.4) is 0 Å². The summed E-state index contributed by atoms with van der Waals surface area (Å²) in [5, 5.41) is 2.82. The van der Waals surface area contributed by atoms with Gasteiger partial charge < -0.3 is 15.1 Å². The van der Waals surface area contributed by atoms with E-state index in [0.717, 1.165) is 24.5 Å². The van der Waals surface area contributed by atoms with E-state index in [9.17, 15) is 9.59 Å². The lowest BCUT2D eigenvalue weighted by Gasteiger charge is -2.35. The van der Waals surface area contributed by atoms with Gasteiger partial charge >= 0.3 is 0 Å². The van der Waals surface area contributed by atoms with Crippen molar-refractivity contribution >= 4 is 17.6 Å². The van der Waals surface area contributed by atoms with Gasteiger partial charge in [-0.05, 0) is 24.6 Å². The third-order valence-corrected chi connectivity index (χ3v) is 4.53. The van der Waals surface area contributed by atoms with Crippen LogP contribution in [-0.4, -0.2) is 47.9 Å². The molecule has 0 bridgehead atoms.